The predicted octanol–water partition coefficient (Wildman–Crippen LogP) is 5.66. The normalized spacial score (nSPS) is 12.7. The molecule has 1 N–H and O–H groups in total. The van der Waals surface area contributed by atoms with Crippen molar-refractivity contribution >= 4 is 43.4 Å². The van der Waals surface area contributed by atoms with E-state index in [9.17, 15) is 8.42 Å². The number of sulfonamides is 1. The molecule has 1 atom stereocenters. The number of hydrogen-bond donors (Lipinski definition) is 1. The van der Waals surface area contributed by atoms with Gasteiger partial charge in [-0.3, -0.25) is 9.40 Å². The first kappa shape index (κ1) is 20.9. The van der Waals surface area contributed by atoms with Gasteiger partial charge in [-0.15, -0.1) is 0 Å². The summed E-state index contributed by atoms with van der Waals surface area (Å²) in [5.41, 5.74) is 2.13. The van der Waals surface area contributed by atoms with E-state index in [-0.39, 0.29) is 10.7 Å². The topological polar surface area (TPSA) is 64.0 Å². The van der Waals surface area contributed by atoms with Crippen LogP contribution in [0.4, 0.5) is 5.82 Å². The van der Waals surface area contributed by atoms with Gasteiger partial charge in [0.15, 0.2) is 5.82 Å². The molecule has 1 unspecified atom stereocenters. The summed E-state index contributed by atoms with van der Waals surface area (Å²) in [6.07, 6.45) is 2.74. The Labute approximate surface area is 178 Å². The lowest BCUT2D eigenvalue weighted by Crippen LogP contribution is -2.14. The number of aromatic nitrogens is 2. The highest BCUT2D eigenvalue weighted by atomic mass is 79.9. The van der Waals surface area contributed by atoms with Crippen LogP contribution >= 0.6 is 27.5 Å². The van der Waals surface area contributed by atoms with E-state index in [0.717, 1.165) is 17.5 Å². The summed E-state index contributed by atoms with van der Waals surface area (Å²) in [5.74, 6) is 0.641. The fourth-order valence-electron chi connectivity index (χ4n) is 2.72. The highest BCUT2D eigenvalue weighted by Crippen LogP contribution is 2.25. The first-order valence-corrected chi connectivity index (χ1v) is 11.5. The molecular weight excluding hydrogens is 462 g/mol. The molecule has 0 bridgehead atoms. The molecular formula is C20H21BrClN3O2S. The Hall–Kier alpha value is -1.83. The van der Waals surface area contributed by atoms with Gasteiger partial charge in [0.05, 0.1) is 15.9 Å². The van der Waals surface area contributed by atoms with Gasteiger partial charge in [-0.2, -0.15) is 5.10 Å². The molecule has 0 spiro atoms. The van der Waals surface area contributed by atoms with Crippen molar-refractivity contribution in [3.05, 3.63) is 75.4 Å². The van der Waals surface area contributed by atoms with E-state index in [2.05, 4.69) is 39.6 Å². The van der Waals surface area contributed by atoms with Gasteiger partial charge in [-0.05, 0) is 63.7 Å². The van der Waals surface area contributed by atoms with Crippen molar-refractivity contribution in [1.29, 1.82) is 0 Å². The number of hydrogen-bond acceptors (Lipinski definition) is 3. The van der Waals surface area contributed by atoms with Crippen LogP contribution in [0.1, 0.15) is 37.3 Å². The van der Waals surface area contributed by atoms with Crippen molar-refractivity contribution in [1.82, 2.24) is 9.78 Å². The van der Waals surface area contributed by atoms with Crippen molar-refractivity contribution in [3.63, 3.8) is 0 Å². The van der Waals surface area contributed by atoms with Crippen LogP contribution in [0.15, 0.2) is 64.1 Å². The SMILES string of the molecule is CCC(C)c1ccc(S(=O)(=O)Nc2nn(Cc3ccc(Cl)cc3)cc2Br)cc1. The maximum absolute atomic E-state index is 12.7. The first-order chi connectivity index (χ1) is 13.3. The van der Waals surface area contributed by atoms with Gasteiger partial charge in [0, 0.05) is 11.2 Å². The molecule has 0 saturated carbocycles. The summed E-state index contributed by atoms with van der Waals surface area (Å²) in [4.78, 5) is 0.207. The smallest absolute Gasteiger partial charge is 0.263 e. The second-order valence-corrected chi connectivity index (χ2v) is 9.61. The second-order valence-electron chi connectivity index (χ2n) is 6.63. The van der Waals surface area contributed by atoms with Crippen LogP contribution in [-0.2, 0) is 16.6 Å². The van der Waals surface area contributed by atoms with Crippen LogP contribution in [0, 0.1) is 0 Å². The minimum atomic E-state index is -3.72. The third-order valence-corrected chi connectivity index (χ3v) is 6.76. The van der Waals surface area contributed by atoms with Crippen molar-refractivity contribution in [2.75, 3.05) is 4.72 Å². The van der Waals surface area contributed by atoms with E-state index >= 15 is 0 Å². The maximum atomic E-state index is 12.7. The second kappa shape index (κ2) is 8.68. The molecule has 0 aliphatic rings. The molecule has 28 heavy (non-hydrogen) atoms. The predicted molar refractivity (Wildman–Crippen MR) is 116 cm³/mol. The number of benzene rings is 2. The summed E-state index contributed by atoms with van der Waals surface area (Å²) in [5, 5.41) is 5.01. The van der Waals surface area contributed by atoms with E-state index in [1.165, 1.54) is 0 Å². The van der Waals surface area contributed by atoms with Crippen molar-refractivity contribution < 1.29 is 8.42 Å². The van der Waals surface area contributed by atoms with E-state index in [4.69, 9.17) is 11.6 Å². The molecule has 5 nitrogen and oxygen atoms in total. The Morgan fingerprint density at radius 2 is 1.79 bits per heavy atom. The fourth-order valence-corrected chi connectivity index (χ4v) is 4.41. The zero-order valence-corrected chi connectivity index (χ0v) is 18.7. The summed E-state index contributed by atoms with van der Waals surface area (Å²) < 4.78 is 30.2. The van der Waals surface area contributed by atoms with Gasteiger partial charge in [0.1, 0.15) is 0 Å². The minimum absolute atomic E-state index is 0.207. The number of nitrogens with one attached hydrogen (secondary N) is 1. The lowest BCUT2D eigenvalue weighted by atomic mass is 9.99. The molecule has 2 aromatic carbocycles. The molecule has 148 valence electrons. The van der Waals surface area contributed by atoms with Crippen LogP contribution < -0.4 is 4.72 Å². The van der Waals surface area contributed by atoms with Gasteiger partial charge in [-0.25, -0.2) is 8.42 Å². The summed E-state index contributed by atoms with van der Waals surface area (Å²) in [7, 11) is -3.72. The Bertz CT molecular complexity index is 1050. The van der Waals surface area contributed by atoms with Crippen LogP contribution in [-0.4, -0.2) is 18.2 Å². The third kappa shape index (κ3) is 4.96. The van der Waals surface area contributed by atoms with Gasteiger partial charge in [0.25, 0.3) is 10.0 Å². The third-order valence-electron chi connectivity index (χ3n) is 4.58. The Balaban J connectivity index is 1.77. The largest absolute Gasteiger partial charge is 0.265 e. The molecule has 0 aliphatic carbocycles. The lowest BCUT2D eigenvalue weighted by Gasteiger charge is -2.10. The molecule has 1 aromatic heterocycles. The first-order valence-electron chi connectivity index (χ1n) is 8.88. The summed E-state index contributed by atoms with van der Waals surface area (Å²) in [6, 6.07) is 14.4. The maximum Gasteiger partial charge on any atom is 0.263 e. The van der Waals surface area contributed by atoms with Gasteiger partial charge >= 0.3 is 0 Å². The van der Waals surface area contributed by atoms with Crippen LogP contribution in [0.25, 0.3) is 0 Å². The van der Waals surface area contributed by atoms with Crippen molar-refractivity contribution in [2.45, 2.75) is 37.6 Å². The van der Waals surface area contributed by atoms with Gasteiger partial charge in [0.2, 0.25) is 0 Å². The quantitative estimate of drug-likeness (QED) is 0.472. The number of halogens is 2. The average molecular weight is 483 g/mol. The fraction of sp³-hybridized carbons (Fsp3) is 0.250. The number of rotatable bonds is 7. The van der Waals surface area contributed by atoms with Crippen LogP contribution in [0.2, 0.25) is 5.02 Å². The molecule has 0 saturated heterocycles. The minimum Gasteiger partial charge on any atom is -0.265 e. The number of nitrogens with zero attached hydrogens (tertiary/aromatic N) is 2. The Morgan fingerprint density at radius 1 is 1.14 bits per heavy atom. The Kier molecular flexibility index (Phi) is 6.47. The number of anilines is 1. The molecule has 1 heterocycles. The lowest BCUT2D eigenvalue weighted by molar-refractivity contribution is 0.600. The monoisotopic (exact) mass is 481 g/mol. The van der Waals surface area contributed by atoms with E-state index < -0.39 is 10.0 Å². The van der Waals surface area contributed by atoms with Crippen LogP contribution in [0.5, 0.6) is 0 Å². The van der Waals surface area contributed by atoms with Gasteiger partial charge < -0.3 is 0 Å². The zero-order valence-electron chi connectivity index (χ0n) is 15.6. The summed E-state index contributed by atoms with van der Waals surface area (Å²) >= 11 is 9.28. The molecule has 3 aromatic rings. The zero-order chi connectivity index (χ0) is 20.3. The Morgan fingerprint density at radius 3 is 2.39 bits per heavy atom. The molecule has 0 fully saturated rings. The molecule has 0 aliphatic heterocycles. The molecule has 8 heteroatoms. The highest BCUT2D eigenvalue weighted by Gasteiger charge is 2.18. The van der Waals surface area contributed by atoms with Crippen LogP contribution in [0.3, 0.4) is 0 Å². The van der Waals surface area contributed by atoms with Crippen molar-refractivity contribution in [2.24, 2.45) is 0 Å². The summed E-state index contributed by atoms with van der Waals surface area (Å²) in [6.45, 7) is 4.72. The highest BCUT2D eigenvalue weighted by molar-refractivity contribution is 9.10. The van der Waals surface area contributed by atoms with E-state index in [1.807, 2.05) is 36.4 Å². The molecule has 3 rings (SSSR count). The average Bonchev–Trinajstić information content (AvgIpc) is 3.01. The molecule has 0 amide bonds. The standard InChI is InChI=1S/C20H21BrClN3O2S/c1-3-14(2)16-6-10-18(11-7-16)28(26,27)24-20-19(21)13-25(23-20)12-15-4-8-17(22)9-5-15/h4-11,13-14H,3,12H2,1-2H3,(H,23,24). The van der Waals surface area contributed by atoms with Crippen molar-refractivity contribution in [3.8, 4) is 0 Å². The molecule has 0 radical (unpaired) electrons. The van der Waals surface area contributed by atoms with E-state index in [0.29, 0.717) is 22.0 Å². The van der Waals surface area contributed by atoms with Gasteiger partial charge in [-0.1, -0.05) is 49.7 Å². The van der Waals surface area contributed by atoms with E-state index in [1.54, 1.807) is 23.0 Å².